The summed E-state index contributed by atoms with van der Waals surface area (Å²) in [7, 11) is 0. The van der Waals surface area contributed by atoms with Crippen molar-refractivity contribution >= 4 is 5.91 Å². The number of hydrogen-bond donors (Lipinski definition) is 2. The Kier molecular flexibility index (Phi) is 7.19. The molecule has 0 aromatic carbocycles. The van der Waals surface area contributed by atoms with Crippen molar-refractivity contribution in [1.29, 1.82) is 0 Å². The summed E-state index contributed by atoms with van der Waals surface area (Å²) in [6, 6.07) is 0.379. The molecule has 1 aliphatic rings. The van der Waals surface area contributed by atoms with Crippen LogP contribution in [0.2, 0.25) is 0 Å². The first-order valence-corrected chi connectivity index (χ1v) is 8.75. The third kappa shape index (κ3) is 5.98. The van der Waals surface area contributed by atoms with E-state index in [0.717, 1.165) is 25.2 Å². The van der Waals surface area contributed by atoms with Crippen molar-refractivity contribution in [3.05, 3.63) is 0 Å². The van der Waals surface area contributed by atoms with Gasteiger partial charge in [0.15, 0.2) is 0 Å². The molecule has 3 nitrogen and oxygen atoms in total. The molecule has 1 rings (SSSR count). The van der Waals surface area contributed by atoms with Gasteiger partial charge in [-0.2, -0.15) is 0 Å². The van der Waals surface area contributed by atoms with Crippen LogP contribution in [0, 0.1) is 23.2 Å². The molecule has 0 radical (unpaired) electrons. The first kappa shape index (κ1) is 18.5. The predicted octanol–water partition coefficient (Wildman–Crippen LogP) is 3.72. The van der Waals surface area contributed by atoms with Crippen molar-refractivity contribution in [3.63, 3.8) is 0 Å². The fourth-order valence-corrected chi connectivity index (χ4v) is 3.58. The second kappa shape index (κ2) is 8.17. The van der Waals surface area contributed by atoms with E-state index >= 15 is 0 Å². The SMILES string of the molecule is CC1CCCC(NC(=O)CCC(CCN)C(C)(C)C)C1C. The average Bonchev–Trinajstić information content (AvgIpc) is 2.38. The molecule has 0 heterocycles. The lowest BCUT2D eigenvalue weighted by molar-refractivity contribution is -0.123. The molecular weight excluding hydrogens is 260 g/mol. The number of nitrogens with one attached hydrogen (secondary N) is 1. The zero-order valence-corrected chi connectivity index (χ0v) is 14.7. The van der Waals surface area contributed by atoms with Crippen molar-refractivity contribution in [1.82, 2.24) is 5.32 Å². The maximum atomic E-state index is 12.3. The minimum atomic E-state index is 0.228. The molecule has 1 amide bonds. The standard InChI is InChI=1S/C18H36N2O/c1-13-7-6-8-16(14(13)2)20-17(21)10-9-15(11-12-19)18(3,4)5/h13-16H,6-12,19H2,1-5H3,(H,20,21). The van der Waals surface area contributed by atoms with E-state index in [1.807, 2.05) is 0 Å². The van der Waals surface area contributed by atoms with E-state index in [1.165, 1.54) is 12.8 Å². The molecule has 0 bridgehead atoms. The van der Waals surface area contributed by atoms with Gasteiger partial charge in [0.25, 0.3) is 0 Å². The van der Waals surface area contributed by atoms with Gasteiger partial charge in [0.05, 0.1) is 0 Å². The van der Waals surface area contributed by atoms with Crippen LogP contribution in [0.15, 0.2) is 0 Å². The largest absolute Gasteiger partial charge is 0.353 e. The number of hydrogen-bond acceptors (Lipinski definition) is 2. The minimum Gasteiger partial charge on any atom is -0.353 e. The molecule has 0 saturated heterocycles. The van der Waals surface area contributed by atoms with Crippen LogP contribution in [-0.4, -0.2) is 18.5 Å². The summed E-state index contributed by atoms with van der Waals surface area (Å²) in [5.41, 5.74) is 5.94. The highest BCUT2D eigenvalue weighted by atomic mass is 16.1. The predicted molar refractivity (Wildman–Crippen MR) is 90.0 cm³/mol. The van der Waals surface area contributed by atoms with E-state index in [9.17, 15) is 4.79 Å². The van der Waals surface area contributed by atoms with Crippen LogP contribution in [-0.2, 0) is 4.79 Å². The van der Waals surface area contributed by atoms with Gasteiger partial charge in [-0.25, -0.2) is 0 Å². The van der Waals surface area contributed by atoms with Crippen molar-refractivity contribution in [2.45, 2.75) is 79.2 Å². The van der Waals surface area contributed by atoms with Crippen LogP contribution < -0.4 is 11.1 Å². The van der Waals surface area contributed by atoms with Gasteiger partial charge >= 0.3 is 0 Å². The van der Waals surface area contributed by atoms with E-state index in [-0.39, 0.29) is 11.3 Å². The molecule has 0 spiro atoms. The van der Waals surface area contributed by atoms with Gasteiger partial charge in [0.1, 0.15) is 0 Å². The maximum Gasteiger partial charge on any atom is 0.220 e. The first-order chi connectivity index (χ1) is 9.75. The van der Waals surface area contributed by atoms with Crippen LogP contribution in [0.25, 0.3) is 0 Å². The summed E-state index contributed by atoms with van der Waals surface area (Å²) >= 11 is 0. The summed E-state index contributed by atoms with van der Waals surface area (Å²) < 4.78 is 0. The summed E-state index contributed by atoms with van der Waals surface area (Å²) in [5, 5.41) is 3.28. The molecular formula is C18H36N2O. The van der Waals surface area contributed by atoms with Gasteiger partial charge in [-0.05, 0) is 49.0 Å². The molecule has 0 aliphatic heterocycles. The molecule has 1 fully saturated rings. The first-order valence-electron chi connectivity index (χ1n) is 8.75. The van der Waals surface area contributed by atoms with E-state index in [1.54, 1.807) is 0 Å². The van der Waals surface area contributed by atoms with E-state index in [2.05, 4.69) is 39.9 Å². The van der Waals surface area contributed by atoms with Gasteiger partial charge in [-0.3, -0.25) is 4.79 Å². The van der Waals surface area contributed by atoms with Gasteiger partial charge < -0.3 is 11.1 Å². The Labute approximate surface area is 131 Å². The van der Waals surface area contributed by atoms with Crippen LogP contribution in [0.1, 0.15) is 73.1 Å². The molecule has 4 atom stereocenters. The van der Waals surface area contributed by atoms with Crippen molar-refractivity contribution in [3.8, 4) is 0 Å². The Hall–Kier alpha value is -0.570. The smallest absolute Gasteiger partial charge is 0.220 e. The van der Waals surface area contributed by atoms with Gasteiger partial charge in [-0.1, -0.05) is 47.5 Å². The monoisotopic (exact) mass is 296 g/mol. The molecule has 1 saturated carbocycles. The Bertz CT molecular complexity index is 322. The van der Waals surface area contributed by atoms with E-state index in [4.69, 9.17) is 5.73 Å². The van der Waals surface area contributed by atoms with Crippen LogP contribution in [0.3, 0.4) is 0 Å². The lowest BCUT2D eigenvalue weighted by atomic mass is 9.76. The Morgan fingerprint density at radius 1 is 1.24 bits per heavy atom. The van der Waals surface area contributed by atoms with Crippen LogP contribution >= 0.6 is 0 Å². The highest BCUT2D eigenvalue weighted by Gasteiger charge is 2.29. The second-order valence-corrected chi connectivity index (χ2v) is 8.12. The van der Waals surface area contributed by atoms with Gasteiger partial charge in [-0.15, -0.1) is 0 Å². The Morgan fingerprint density at radius 2 is 1.90 bits per heavy atom. The zero-order valence-electron chi connectivity index (χ0n) is 14.7. The Morgan fingerprint density at radius 3 is 2.48 bits per heavy atom. The quantitative estimate of drug-likeness (QED) is 0.785. The Balaban J connectivity index is 2.42. The van der Waals surface area contributed by atoms with Crippen molar-refractivity contribution < 1.29 is 4.79 Å². The topological polar surface area (TPSA) is 55.1 Å². The molecule has 3 N–H and O–H groups in total. The number of carbonyl (C=O) groups is 1. The molecule has 0 aromatic rings. The number of nitrogens with two attached hydrogens (primary N) is 1. The van der Waals surface area contributed by atoms with E-state index in [0.29, 0.717) is 30.8 Å². The highest BCUT2D eigenvalue weighted by Crippen LogP contribution is 2.32. The van der Waals surface area contributed by atoms with Crippen molar-refractivity contribution in [2.75, 3.05) is 6.54 Å². The number of carbonyl (C=O) groups excluding carboxylic acids is 1. The molecule has 4 unspecified atom stereocenters. The fourth-order valence-electron chi connectivity index (χ4n) is 3.58. The van der Waals surface area contributed by atoms with Crippen LogP contribution in [0.5, 0.6) is 0 Å². The molecule has 0 aromatic heterocycles. The summed E-state index contributed by atoms with van der Waals surface area (Å²) in [6.45, 7) is 12.0. The summed E-state index contributed by atoms with van der Waals surface area (Å²) in [6.07, 6.45) is 6.28. The van der Waals surface area contributed by atoms with Gasteiger partial charge in [0.2, 0.25) is 5.91 Å². The zero-order chi connectivity index (χ0) is 16.0. The molecule has 21 heavy (non-hydrogen) atoms. The number of amides is 1. The highest BCUT2D eigenvalue weighted by molar-refractivity contribution is 5.76. The summed E-state index contributed by atoms with van der Waals surface area (Å²) in [4.78, 5) is 12.3. The number of rotatable bonds is 6. The molecule has 1 aliphatic carbocycles. The summed E-state index contributed by atoms with van der Waals surface area (Å²) in [5.74, 6) is 2.08. The fraction of sp³-hybridized carbons (Fsp3) is 0.944. The lowest BCUT2D eigenvalue weighted by Crippen LogP contribution is -2.43. The molecule has 3 heteroatoms. The lowest BCUT2D eigenvalue weighted by Gasteiger charge is -2.35. The van der Waals surface area contributed by atoms with E-state index < -0.39 is 0 Å². The normalized spacial score (nSPS) is 28.2. The van der Waals surface area contributed by atoms with Crippen LogP contribution in [0.4, 0.5) is 0 Å². The third-order valence-electron chi connectivity index (χ3n) is 5.51. The van der Waals surface area contributed by atoms with Crippen molar-refractivity contribution in [2.24, 2.45) is 28.9 Å². The molecule has 124 valence electrons. The van der Waals surface area contributed by atoms with Gasteiger partial charge in [0, 0.05) is 12.5 Å². The second-order valence-electron chi connectivity index (χ2n) is 8.12. The average molecular weight is 296 g/mol. The maximum absolute atomic E-state index is 12.3. The third-order valence-corrected chi connectivity index (χ3v) is 5.51. The minimum absolute atomic E-state index is 0.228.